The molecular formula is C10H16N4O3. The molecule has 0 amide bonds. The summed E-state index contributed by atoms with van der Waals surface area (Å²) in [6, 6.07) is -0.0210. The number of rotatable bonds is 2. The fraction of sp³-hybridized carbons (Fsp3) is 0.800. The molecule has 0 radical (unpaired) electrons. The number of nitrogens with zero attached hydrogens (tertiary/aromatic N) is 3. The van der Waals surface area contributed by atoms with Gasteiger partial charge in [-0.2, -0.15) is 4.98 Å². The number of anilines is 1. The normalized spacial score (nSPS) is 29.8. The molecule has 1 aromatic heterocycles. The Morgan fingerprint density at radius 2 is 2.18 bits per heavy atom. The van der Waals surface area contributed by atoms with E-state index in [1.165, 1.54) is 0 Å². The summed E-state index contributed by atoms with van der Waals surface area (Å²) in [5.41, 5.74) is 0. The Hall–Kier alpha value is -1.18. The highest BCUT2D eigenvalue weighted by Gasteiger charge is 2.29. The molecule has 7 heteroatoms. The minimum absolute atomic E-state index is 0.0210. The van der Waals surface area contributed by atoms with Crippen molar-refractivity contribution in [1.29, 1.82) is 0 Å². The second-order valence-electron chi connectivity index (χ2n) is 4.38. The molecule has 3 heterocycles. The van der Waals surface area contributed by atoms with Gasteiger partial charge in [-0.05, 0) is 11.6 Å². The molecule has 0 spiro atoms. The molecule has 17 heavy (non-hydrogen) atoms. The van der Waals surface area contributed by atoms with Gasteiger partial charge in [-0.3, -0.25) is 0 Å². The van der Waals surface area contributed by atoms with Crippen molar-refractivity contribution in [2.24, 2.45) is 0 Å². The molecule has 0 aliphatic carbocycles. The van der Waals surface area contributed by atoms with Crippen LogP contribution in [0.15, 0.2) is 4.52 Å². The SMILES string of the molecule is OC1CNC(c2nc(N3CCOCC3)no2)C1. The van der Waals surface area contributed by atoms with Crippen molar-refractivity contribution in [3.8, 4) is 0 Å². The van der Waals surface area contributed by atoms with Crippen LogP contribution in [0.1, 0.15) is 18.4 Å². The van der Waals surface area contributed by atoms with Gasteiger partial charge in [0, 0.05) is 19.6 Å². The fourth-order valence-electron chi connectivity index (χ4n) is 2.17. The highest BCUT2D eigenvalue weighted by atomic mass is 16.5. The molecule has 0 aromatic carbocycles. The van der Waals surface area contributed by atoms with Crippen LogP contribution >= 0.6 is 0 Å². The minimum atomic E-state index is -0.321. The highest BCUT2D eigenvalue weighted by molar-refractivity contribution is 5.28. The zero-order valence-corrected chi connectivity index (χ0v) is 9.50. The monoisotopic (exact) mass is 240 g/mol. The first-order valence-corrected chi connectivity index (χ1v) is 5.90. The zero-order chi connectivity index (χ0) is 11.7. The van der Waals surface area contributed by atoms with Crippen LogP contribution < -0.4 is 10.2 Å². The highest BCUT2D eigenvalue weighted by Crippen LogP contribution is 2.23. The lowest BCUT2D eigenvalue weighted by atomic mass is 10.2. The van der Waals surface area contributed by atoms with Gasteiger partial charge in [0.1, 0.15) is 0 Å². The molecule has 0 bridgehead atoms. The van der Waals surface area contributed by atoms with Crippen molar-refractivity contribution >= 4 is 5.95 Å². The van der Waals surface area contributed by atoms with Crippen molar-refractivity contribution in [1.82, 2.24) is 15.5 Å². The van der Waals surface area contributed by atoms with Gasteiger partial charge in [0.2, 0.25) is 5.89 Å². The predicted octanol–water partition coefficient (Wildman–Crippen LogP) is -0.698. The van der Waals surface area contributed by atoms with Crippen LogP contribution in [-0.4, -0.2) is 54.2 Å². The van der Waals surface area contributed by atoms with Crippen LogP contribution in [0.2, 0.25) is 0 Å². The third kappa shape index (κ3) is 2.26. The maximum atomic E-state index is 9.44. The molecule has 1 aromatic rings. The second kappa shape index (κ2) is 4.59. The summed E-state index contributed by atoms with van der Waals surface area (Å²) < 4.78 is 10.5. The maximum Gasteiger partial charge on any atom is 0.266 e. The Morgan fingerprint density at radius 3 is 2.88 bits per heavy atom. The van der Waals surface area contributed by atoms with Gasteiger partial charge in [0.15, 0.2) is 0 Å². The zero-order valence-electron chi connectivity index (χ0n) is 9.50. The first-order valence-electron chi connectivity index (χ1n) is 5.90. The van der Waals surface area contributed by atoms with E-state index in [4.69, 9.17) is 9.26 Å². The number of aliphatic hydroxyl groups is 1. The average Bonchev–Trinajstić information content (AvgIpc) is 2.98. The van der Waals surface area contributed by atoms with E-state index in [1.54, 1.807) is 0 Å². The molecule has 2 aliphatic rings. The first kappa shape index (κ1) is 10.9. The lowest BCUT2D eigenvalue weighted by Crippen LogP contribution is -2.36. The lowest BCUT2D eigenvalue weighted by molar-refractivity contribution is 0.121. The fourth-order valence-corrected chi connectivity index (χ4v) is 2.17. The number of nitrogens with one attached hydrogen (secondary N) is 1. The average molecular weight is 240 g/mol. The van der Waals surface area contributed by atoms with E-state index in [0.717, 1.165) is 13.1 Å². The van der Waals surface area contributed by atoms with Crippen LogP contribution in [0.25, 0.3) is 0 Å². The van der Waals surface area contributed by atoms with Gasteiger partial charge in [-0.25, -0.2) is 0 Å². The van der Waals surface area contributed by atoms with E-state index >= 15 is 0 Å². The van der Waals surface area contributed by atoms with Gasteiger partial charge in [0.25, 0.3) is 5.95 Å². The number of hydrogen-bond acceptors (Lipinski definition) is 7. The van der Waals surface area contributed by atoms with E-state index < -0.39 is 0 Å². The summed E-state index contributed by atoms with van der Waals surface area (Å²) >= 11 is 0. The van der Waals surface area contributed by atoms with Crippen molar-refractivity contribution in [3.05, 3.63) is 5.89 Å². The van der Waals surface area contributed by atoms with Crippen molar-refractivity contribution < 1.29 is 14.4 Å². The molecule has 2 aliphatic heterocycles. The summed E-state index contributed by atoms with van der Waals surface area (Å²) in [5, 5.41) is 16.6. The van der Waals surface area contributed by atoms with E-state index in [-0.39, 0.29) is 12.1 Å². The number of aliphatic hydroxyl groups excluding tert-OH is 1. The molecule has 2 N–H and O–H groups in total. The van der Waals surface area contributed by atoms with Crippen LogP contribution in [0.3, 0.4) is 0 Å². The van der Waals surface area contributed by atoms with Gasteiger partial charge in [0.05, 0.1) is 25.4 Å². The Bertz CT molecular complexity index is 358. The van der Waals surface area contributed by atoms with E-state index in [1.807, 2.05) is 4.90 Å². The van der Waals surface area contributed by atoms with Gasteiger partial charge in [-0.15, -0.1) is 0 Å². The number of morpholine rings is 1. The number of hydrogen-bond donors (Lipinski definition) is 2. The summed E-state index contributed by atoms with van der Waals surface area (Å²) in [5.74, 6) is 1.18. The molecule has 2 fully saturated rings. The Morgan fingerprint density at radius 1 is 1.35 bits per heavy atom. The Labute approximate surface area is 98.7 Å². The maximum absolute atomic E-state index is 9.44. The van der Waals surface area contributed by atoms with Crippen LogP contribution in [0.4, 0.5) is 5.95 Å². The lowest BCUT2D eigenvalue weighted by Gasteiger charge is -2.24. The van der Waals surface area contributed by atoms with Crippen molar-refractivity contribution in [2.75, 3.05) is 37.7 Å². The third-order valence-corrected chi connectivity index (χ3v) is 3.13. The topological polar surface area (TPSA) is 83.7 Å². The largest absolute Gasteiger partial charge is 0.392 e. The number of β-amino-alcohol motifs (C(OH)–C–C–N with tert-alkyl or cyclic N) is 1. The summed E-state index contributed by atoms with van der Waals surface area (Å²) in [4.78, 5) is 6.41. The van der Waals surface area contributed by atoms with Gasteiger partial charge in [-0.1, -0.05) is 0 Å². The van der Waals surface area contributed by atoms with Crippen molar-refractivity contribution in [2.45, 2.75) is 18.6 Å². The molecule has 0 saturated carbocycles. The quantitative estimate of drug-likeness (QED) is 0.707. The minimum Gasteiger partial charge on any atom is -0.392 e. The molecule has 2 saturated heterocycles. The first-order chi connectivity index (χ1) is 8.33. The molecule has 3 rings (SSSR count). The predicted molar refractivity (Wildman–Crippen MR) is 58.7 cm³/mol. The summed E-state index contributed by atoms with van der Waals surface area (Å²) in [6.07, 6.45) is 0.309. The third-order valence-electron chi connectivity index (χ3n) is 3.13. The van der Waals surface area contributed by atoms with E-state index in [0.29, 0.717) is 38.0 Å². The molecule has 2 atom stereocenters. The van der Waals surface area contributed by atoms with Crippen LogP contribution in [0.5, 0.6) is 0 Å². The Kier molecular flexibility index (Phi) is 2.96. The Balaban J connectivity index is 1.69. The molecule has 94 valence electrons. The smallest absolute Gasteiger partial charge is 0.266 e. The second-order valence-corrected chi connectivity index (χ2v) is 4.38. The van der Waals surface area contributed by atoms with Crippen LogP contribution in [-0.2, 0) is 4.74 Å². The molecule has 7 nitrogen and oxygen atoms in total. The standard InChI is InChI=1S/C10H16N4O3/c15-7-5-8(11-6-7)9-12-10(13-17-9)14-1-3-16-4-2-14/h7-8,11,15H,1-6H2. The van der Waals surface area contributed by atoms with Gasteiger partial charge < -0.3 is 24.6 Å². The van der Waals surface area contributed by atoms with E-state index in [9.17, 15) is 5.11 Å². The summed E-state index contributed by atoms with van der Waals surface area (Å²) in [7, 11) is 0. The molecular weight excluding hydrogens is 224 g/mol. The van der Waals surface area contributed by atoms with Gasteiger partial charge >= 0.3 is 0 Å². The number of aromatic nitrogens is 2. The number of ether oxygens (including phenoxy) is 1. The summed E-state index contributed by atoms with van der Waals surface area (Å²) in [6.45, 7) is 3.56. The van der Waals surface area contributed by atoms with E-state index in [2.05, 4.69) is 15.5 Å². The van der Waals surface area contributed by atoms with Crippen LogP contribution in [0, 0.1) is 0 Å². The molecule has 2 unspecified atom stereocenters. The van der Waals surface area contributed by atoms with Crippen molar-refractivity contribution in [3.63, 3.8) is 0 Å².